The van der Waals surface area contributed by atoms with Gasteiger partial charge in [-0.15, -0.1) is 0 Å². The lowest BCUT2D eigenvalue weighted by molar-refractivity contribution is 0.0551. The van der Waals surface area contributed by atoms with Crippen LogP contribution in [0.25, 0.3) is 0 Å². The van der Waals surface area contributed by atoms with Gasteiger partial charge in [-0.1, -0.05) is 0 Å². The molecule has 15 heavy (non-hydrogen) atoms. The first-order chi connectivity index (χ1) is 7.23. The van der Waals surface area contributed by atoms with E-state index in [1.54, 1.807) is 0 Å². The molecule has 0 saturated carbocycles. The van der Waals surface area contributed by atoms with Crippen LogP contribution in [-0.4, -0.2) is 49.8 Å². The second-order valence-corrected chi connectivity index (χ2v) is 4.30. The van der Waals surface area contributed by atoms with Crippen LogP contribution in [0.1, 0.15) is 19.3 Å². The van der Waals surface area contributed by atoms with Gasteiger partial charge in [-0.05, 0) is 32.4 Å². The van der Waals surface area contributed by atoms with Crippen molar-refractivity contribution in [2.75, 3.05) is 39.3 Å². The minimum atomic E-state index is -0.215. The van der Waals surface area contributed by atoms with E-state index in [0.29, 0.717) is 6.54 Å². The summed E-state index contributed by atoms with van der Waals surface area (Å²) in [5.41, 5.74) is 17.2. The van der Waals surface area contributed by atoms with Crippen LogP contribution in [0.3, 0.4) is 0 Å². The van der Waals surface area contributed by atoms with Gasteiger partial charge >= 0.3 is 0 Å². The van der Waals surface area contributed by atoms with Gasteiger partial charge in [0.05, 0.1) is 5.66 Å². The Labute approximate surface area is 92.3 Å². The Hall–Kier alpha value is -0.200. The topological polar surface area (TPSA) is 93.3 Å². The van der Waals surface area contributed by atoms with E-state index in [2.05, 4.69) is 10.2 Å². The Kier molecular flexibility index (Phi) is 5.49. The molecule has 1 aliphatic heterocycles. The molecule has 7 N–H and O–H groups in total. The van der Waals surface area contributed by atoms with Crippen LogP contribution in [0.4, 0.5) is 0 Å². The van der Waals surface area contributed by atoms with Gasteiger partial charge in [-0.3, -0.25) is 4.90 Å². The number of nitrogens with one attached hydrogen (secondary N) is 1. The van der Waals surface area contributed by atoms with Crippen molar-refractivity contribution in [1.82, 2.24) is 10.2 Å². The van der Waals surface area contributed by atoms with Crippen LogP contribution in [-0.2, 0) is 0 Å². The molecule has 0 radical (unpaired) electrons. The summed E-state index contributed by atoms with van der Waals surface area (Å²) in [6.45, 7) is 5.34. The number of nitrogens with zero attached hydrogens (tertiary/aromatic N) is 1. The summed E-state index contributed by atoms with van der Waals surface area (Å²) in [6, 6.07) is 0. The molecule has 1 rings (SSSR count). The van der Waals surface area contributed by atoms with Crippen molar-refractivity contribution < 1.29 is 0 Å². The minimum Gasteiger partial charge on any atom is -0.330 e. The fourth-order valence-electron chi connectivity index (χ4n) is 2.12. The van der Waals surface area contributed by atoms with E-state index in [4.69, 9.17) is 17.2 Å². The maximum Gasteiger partial charge on any atom is 0.0816 e. The van der Waals surface area contributed by atoms with Crippen LogP contribution in [0.15, 0.2) is 0 Å². The van der Waals surface area contributed by atoms with Crippen molar-refractivity contribution >= 4 is 0 Å². The van der Waals surface area contributed by atoms with Crippen LogP contribution in [0, 0.1) is 0 Å². The molecule has 1 atom stereocenters. The molecule has 0 spiro atoms. The molecular weight excluding hydrogens is 190 g/mol. The number of piperazine rings is 1. The highest BCUT2D eigenvalue weighted by Crippen LogP contribution is 2.17. The standard InChI is InChI=1S/C10H25N5/c11-4-1-3-10(13)9-14-6-8-15(10)7-2-5-12/h14H,1-9,11-13H2. The molecular formula is C10H25N5. The van der Waals surface area contributed by atoms with E-state index in [1.165, 1.54) is 0 Å². The quantitative estimate of drug-likeness (QED) is 0.439. The van der Waals surface area contributed by atoms with Crippen molar-refractivity contribution in [2.45, 2.75) is 24.9 Å². The summed E-state index contributed by atoms with van der Waals surface area (Å²) in [4.78, 5) is 2.35. The monoisotopic (exact) mass is 215 g/mol. The van der Waals surface area contributed by atoms with Gasteiger partial charge in [0.25, 0.3) is 0 Å². The van der Waals surface area contributed by atoms with E-state index in [-0.39, 0.29) is 5.66 Å². The first-order valence-electron chi connectivity index (χ1n) is 5.88. The lowest BCUT2D eigenvalue weighted by Crippen LogP contribution is -2.66. The third-order valence-corrected chi connectivity index (χ3v) is 3.07. The van der Waals surface area contributed by atoms with Gasteiger partial charge in [-0.2, -0.15) is 0 Å². The molecule has 0 aromatic carbocycles. The molecule has 5 heteroatoms. The number of hydrogen-bond acceptors (Lipinski definition) is 5. The Bertz CT molecular complexity index is 175. The maximum atomic E-state index is 6.40. The summed E-state index contributed by atoms with van der Waals surface area (Å²) in [5.74, 6) is 0. The van der Waals surface area contributed by atoms with Gasteiger partial charge in [0.15, 0.2) is 0 Å². The summed E-state index contributed by atoms with van der Waals surface area (Å²) in [7, 11) is 0. The Morgan fingerprint density at radius 1 is 1.20 bits per heavy atom. The molecule has 5 nitrogen and oxygen atoms in total. The fourth-order valence-corrected chi connectivity index (χ4v) is 2.12. The SMILES string of the molecule is NCCCN1CCNCC1(N)CCCN. The summed E-state index contributed by atoms with van der Waals surface area (Å²) in [5, 5.41) is 3.35. The number of rotatable bonds is 6. The van der Waals surface area contributed by atoms with Gasteiger partial charge in [0.1, 0.15) is 0 Å². The second-order valence-electron chi connectivity index (χ2n) is 4.30. The fraction of sp³-hybridized carbons (Fsp3) is 1.00. The van der Waals surface area contributed by atoms with Gasteiger partial charge in [-0.25, -0.2) is 0 Å². The molecule has 1 aliphatic rings. The molecule has 0 aromatic heterocycles. The van der Waals surface area contributed by atoms with Crippen molar-refractivity contribution in [2.24, 2.45) is 17.2 Å². The van der Waals surface area contributed by atoms with E-state index in [1.807, 2.05) is 0 Å². The first-order valence-corrected chi connectivity index (χ1v) is 5.88. The Morgan fingerprint density at radius 3 is 2.60 bits per heavy atom. The van der Waals surface area contributed by atoms with E-state index in [9.17, 15) is 0 Å². The minimum absolute atomic E-state index is 0.215. The third kappa shape index (κ3) is 3.70. The lowest BCUT2D eigenvalue weighted by Gasteiger charge is -2.45. The van der Waals surface area contributed by atoms with Crippen LogP contribution in [0.2, 0.25) is 0 Å². The normalized spacial score (nSPS) is 28.2. The Balaban J connectivity index is 2.46. The van der Waals surface area contributed by atoms with Gasteiger partial charge in [0, 0.05) is 26.2 Å². The molecule has 1 heterocycles. The zero-order valence-corrected chi connectivity index (χ0v) is 9.54. The highest BCUT2D eigenvalue weighted by molar-refractivity contribution is 4.90. The van der Waals surface area contributed by atoms with E-state index >= 15 is 0 Å². The molecule has 0 aliphatic carbocycles. The largest absolute Gasteiger partial charge is 0.330 e. The van der Waals surface area contributed by atoms with Crippen molar-refractivity contribution in [1.29, 1.82) is 0 Å². The Morgan fingerprint density at radius 2 is 1.93 bits per heavy atom. The van der Waals surface area contributed by atoms with Crippen LogP contribution in [0.5, 0.6) is 0 Å². The lowest BCUT2D eigenvalue weighted by atomic mass is 9.99. The predicted molar refractivity (Wildman–Crippen MR) is 63.3 cm³/mol. The predicted octanol–water partition coefficient (Wildman–Crippen LogP) is -1.37. The molecule has 1 unspecified atom stereocenters. The maximum absolute atomic E-state index is 6.40. The molecule has 90 valence electrons. The van der Waals surface area contributed by atoms with Gasteiger partial charge < -0.3 is 22.5 Å². The zero-order chi connectivity index (χ0) is 11.1. The summed E-state index contributed by atoms with van der Waals surface area (Å²) >= 11 is 0. The summed E-state index contributed by atoms with van der Waals surface area (Å²) in [6.07, 6.45) is 2.96. The highest BCUT2D eigenvalue weighted by Gasteiger charge is 2.33. The molecule has 0 aromatic rings. The van der Waals surface area contributed by atoms with Crippen molar-refractivity contribution in [3.63, 3.8) is 0 Å². The summed E-state index contributed by atoms with van der Waals surface area (Å²) < 4.78 is 0. The van der Waals surface area contributed by atoms with E-state index in [0.717, 1.165) is 52.0 Å². The highest BCUT2D eigenvalue weighted by atomic mass is 15.3. The van der Waals surface area contributed by atoms with Crippen LogP contribution < -0.4 is 22.5 Å². The number of hydrogen-bond donors (Lipinski definition) is 4. The molecule has 1 fully saturated rings. The molecule has 1 saturated heterocycles. The van der Waals surface area contributed by atoms with Crippen molar-refractivity contribution in [3.8, 4) is 0 Å². The van der Waals surface area contributed by atoms with Gasteiger partial charge in [0.2, 0.25) is 0 Å². The van der Waals surface area contributed by atoms with E-state index < -0.39 is 0 Å². The average Bonchev–Trinajstić information content (AvgIpc) is 2.25. The second kappa shape index (κ2) is 6.40. The van der Waals surface area contributed by atoms with Crippen LogP contribution >= 0.6 is 0 Å². The smallest absolute Gasteiger partial charge is 0.0816 e. The first kappa shape index (κ1) is 12.9. The average molecular weight is 215 g/mol. The molecule has 0 bridgehead atoms. The molecule has 0 amide bonds. The van der Waals surface area contributed by atoms with Crippen molar-refractivity contribution in [3.05, 3.63) is 0 Å². The number of nitrogens with two attached hydrogens (primary N) is 3. The third-order valence-electron chi connectivity index (χ3n) is 3.07. The zero-order valence-electron chi connectivity index (χ0n) is 9.54.